The van der Waals surface area contributed by atoms with Crippen LogP contribution in [0.25, 0.3) is 0 Å². The van der Waals surface area contributed by atoms with Crippen molar-refractivity contribution in [1.29, 1.82) is 0 Å². The highest BCUT2D eigenvalue weighted by molar-refractivity contribution is 5.64. The van der Waals surface area contributed by atoms with Crippen molar-refractivity contribution in [3.63, 3.8) is 0 Å². The first-order chi connectivity index (χ1) is 9.78. The molecule has 0 heterocycles. The van der Waals surface area contributed by atoms with E-state index in [1.165, 1.54) is 48.2 Å². The quantitative estimate of drug-likeness (QED) is 0.820. The van der Waals surface area contributed by atoms with E-state index in [4.69, 9.17) is 4.74 Å². The molecule has 0 unspecified atom stereocenters. The van der Waals surface area contributed by atoms with E-state index in [0.717, 1.165) is 5.75 Å². The number of hydrogen-bond donors (Lipinski definition) is 0. The number of benzene rings is 2. The lowest BCUT2D eigenvalue weighted by atomic mass is 9.91. The summed E-state index contributed by atoms with van der Waals surface area (Å²) in [6, 6.07) is 15.1. The van der Waals surface area contributed by atoms with Crippen LogP contribution in [0.2, 0.25) is 0 Å². The minimum absolute atomic E-state index is 0.896. The van der Waals surface area contributed by atoms with Gasteiger partial charge in [0.1, 0.15) is 5.75 Å². The van der Waals surface area contributed by atoms with Gasteiger partial charge in [-0.05, 0) is 73.2 Å². The SMILES string of the molecule is COc1ccc(N(C)c2ccc3c(c2)CCCC3)cc1. The zero-order chi connectivity index (χ0) is 13.9. The summed E-state index contributed by atoms with van der Waals surface area (Å²) in [5, 5.41) is 0. The highest BCUT2D eigenvalue weighted by Gasteiger charge is 2.11. The van der Waals surface area contributed by atoms with Crippen LogP contribution in [0, 0.1) is 0 Å². The highest BCUT2D eigenvalue weighted by atomic mass is 16.5. The van der Waals surface area contributed by atoms with Gasteiger partial charge in [-0.2, -0.15) is 0 Å². The summed E-state index contributed by atoms with van der Waals surface area (Å²) in [6.07, 6.45) is 5.12. The molecule has 0 spiro atoms. The molecule has 1 aliphatic rings. The van der Waals surface area contributed by atoms with E-state index < -0.39 is 0 Å². The van der Waals surface area contributed by atoms with E-state index in [1.807, 2.05) is 12.1 Å². The Balaban J connectivity index is 1.87. The highest BCUT2D eigenvalue weighted by Crippen LogP contribution is 2.30. The van der Waals surface area contributed by atoms with Gasteiger partial charge in [-0.3, -0.25) is 0 Å². The van der Waals surface area contributed by atoms with Gasteiger partial charge in [0.25, 0.3) is 0 Å². The Kier molecular flexibility index (Phi) is 3.64. The fourth-order valence-corrected chi connectivity index (χ4v) is 2.88. The molecule has 0 atom stereocenters. The standard InChI is InChI=1S/C18H21NO/c1-19(16-9-11-18(20-2)12-10-16)17-8-7-14-5-3-4-6-15(14)13-17/h7-13H,3-6H2,1-2H3. The fourth-order valence-electron chi connectivity index (χ4n) is 2.88. The van der Waals surface area contributed by atoms with Crippen LogP contribution in [0.15, 0.2) is 42.5 Å². The zero-order valence-corrected chi connectivity index (χ0v) is 12.2. The first-order valence-electron chi connectivity index (χ1n) is 7.27. The van der Waals surface area contributed by atoms with Crippen LogP contribution < -0.4 is 9.64 Å². The summed E-state index contributed by atoms with van der Waals surface area (Å²) in [5.74, 6) is 0.896. The van der Waals surface area contributed by atoms with Crippen molar-refractivity contribution in [2.45, 2.75) is 25.7 Å². The number of aryl methyl sites for hydroxylation is 2. The third-order valence-corrected chi connectivity index (χ3v) is 4.18. The summed E-state index contributed by atoms with van der Waals surface area (Å²) in [6.45, 7) is 0. The molecule has 0 fully saturated rings. The van der Waals surface area contributed by atoms with Crippen molar-refractivity contribution in [2.75, 3.05) is 19.1 Å². The lowest BCUT2D eigenvalue weighted by Gasteiger charge is -2.23. The summed E-state index contributed by atoms with van der Waals surface area (Å²) < 4.78 is 5.21. The number of nitrogens with zero attached hydrogens (tertiary/aromatic N) is 1. The number of anilines is 2. The predicted molar refractivity (Wildman–Crippen MR) is 84.1 cm³/mol. The fraction of sp³-hybridized carbons (Fsp3) is 0.333. The predicted octanol–water partition coefficient (Wildman–Crippen LogP) is 4.34. The molecule has 2 heteroatoms. The van der Waals surface area contributed by atoms with Crippen molar-refractivity contribution < 1.29 is 4.74 Å². The Labute approximate surface area is 121 Å². The molecule has 20 heavy (non-hydrogen) atoms. The Bertz CT molecular complexity index is 589. The first kappa shape index (κ1) is 13.0. The molecule has 0 aromatic heterocycles. The number of ether oxygens (including phenoxy) is 1. The zero-order valence-electron chi connectivity index (χ0n) is 12.2. The third-order valence-electron chi connectivity index (χ3n) is 4.18. The number of hydrogen-bond acceptors (Lipinski definition) is 2. The second kappa shape index (κ2) is 5.58. The number of rotatable bonds is 3. The van der Waals surface area contributed by atoms with Crippen LogP contribution in [0.1, 0.15) is 24.0 Å². The minimum Gasteiger partial charge on any atom is -0.497 e. The maximum atomic E-state index is 5.21. The van der Waals surface area contributed by atoms with Gasteiger partial charge in [0.05, 0.1) is 7.11 Å². The average Bonchev–Trinajstić information content (AvgIpc) is 2.54. The van der Waals surface area contributed by atoms with Gasteiger partial charge < -0.3 is 9.64 Å². The number of methoxy groups -OCH3 is 1. The van der Waals surface area contributed by atoms with Gasteiger partial charge in [-0.25, -0.2) is 0 Å². The maximum Gasteiger partial charge on any atom is 0.119 e. The molecule has 2 aromatic rings. The lowest BCUT2D eigenvalue weighted by molar-refractivity contribution is 0.415. The van der Waals surface area contributed by atoms with E-state index in [2.05, 4.69) is 42.3 Å². The molecular formula is C18H21NO. The van der Waals surface area contributed by atoms with Crippen molar-refractivity contribution in [3.8, 4) is 5.75 Å². The van der Waals surface area contributed by atoms with Crippen molar-refractivity contribution in [2.24, 2.45) is 0 Å². The molecule has 2 nitrogen and oxygen atoms in total. The average molecular weight is 267 g/mol. The molecule has 0 aliphatic heterocycles. The Morgan fingerprint density at radius 3 is 2.20 bits per heavy atom. The van der Waals surface area contributed by atoms with Crippen LogP contribution in [-0.4, -0.2) is 14.2 Å². The van der Waals surface area contributed by atoms with E-state index in [-0.39, 0.29) is 0 Å². The van der Waals surface area contributed by atoms with Crippen LogP contribution in [0.5, 0.6) is 5.75 Å². The van der Waals surface area contributed by atoms with E-state index >= 15 is 0 Å². The van der Waals surface area contributed by atoms with Crippen LogP contribution in [0.4, 0.5) is 11.4 Å². The third kappa shape index (κ3) is 2.51. The molecule has 1 aliphatic carbocycles. The second-order valence-electron chi connectivity index (χ2n) is 5.42. The van der Waals surface area contributed by atoms with Crippen molar-refractivity contribution >= 4 is 11.4 Å². The van der Waals surface area contributed by atoms with Gasteiger partial charge in [0.15, 0.2) is 0 Å². The molecule has 3 rings (SSSR count). The summed E-state index contributed by atoms with van der Waals surface area (Å²) in [7, 11) is 3.81. The smallest absolute Gasteiger partial charge is 0.119 e. The maximum absolute atomic E-state index is 5.21. The molecule has 0 bridgehead atoms. The number of fused-ring (bicyclic) bond motifs is 1. The molecule has 0 N–H and O–H groups in total. The molecule has 2 aromatic carbocycles. The second-order valence-corrected chi connectivity index (χ2v) is 5.42. The molecule has 104 valence electrons. The summed E-state index contributed by atoms with van der Waals surface area (Å²) >= 11 is 0. The first-order valence-corrected chi connectivity index (χ1v) is 7.27. The molecule has 0 saturated carbocycles. The summed E-state index contributed by atoms with van der Waals surface area (Å²) in [4.78, 5) is 2.23. The van der Waals surface area contributed by atoms with Gasteiger partial charge in [0.2, 0.25) is 0 Å². The lowest BCUT2D eigenvalue weighted by Crippen LogP contribution is -2.11. The Hall–Kier alpha value is -1.96. The Morgan fingerprint density at radius 2 is 1.50 bits per heavy atom. The molecule has 0 amide bonds. The largest absolute Gasteiger partial charge is 0.497 e. The van der Waals surface area contributed by atoms with Gasteiger partial charge >= 0.3 is 0 Å². The van der Waals surface area contributed by atoms with Gasteiger partial charge in [-0.1, -0.05) is 6.07 Å². The van der Waals surface area contributed by atoms with Crippen LogP contribution in [0.3, 0.4) is 0 Å². The van der Waals surface area contributed by atoms with Crippen molar-refractivity contribution in [1.82, 2.24) is 0 Å². The Morgan fingerprint density at radius 1 is 0.850 bits per heavy atom. The topological polar surface area (TPSA) is 12.5 Å². The minimum atomic E-state index is 0.896. The van der Waals surface area contributed by atoms with Gasteiger partial charge in [0, 0.05) is 18.4 Å². The van der Waals surface area contributed by atoms with Crippen LogP contribution >= 0.6 is 0 Å². The van der Waals surface area contributed by atoms with E-state index in [1.54, 1.807) is 7.11 Å². The molecule has 0 radical (unpaired) electrons. The van der Waals surface area contributed by atoms with Crippen LogP contribution in [-0.2, 0) is 12.8 Å². The summed E-state index contributed by atoms with van der Waals surface area (Å²) in [5.41, 5.74) is 5.50. The molecule has 0 saturated heterocycles. The van der Waals surface area contributed by atoms with Crippen molar-refractivity contribution in [3.05, 3.63) is 53.6 Å². The van der Waals surface area contributed by atoms with E-state index in [9.17, 15) is 0 Å². The normalized spacial score (nSPS) is 13.7. The van der Waals surface area contributed by atoms with E-state index in [0.29, 0.717) is 0 Å². The van der Waals surface area contributed by atoms with Gasteiger partial charge in [-0.15, -0.1) is 0 Å². The molecular weight excluding hydrogens is 246 g/mol. The monoisotopic (exact) mass is 267 g/mol.